The number of anilines is 1. The minimum absolute atomic E-state index is 0.0365. The number of carbonyl (C=O) groups is 1. The fraction of sp³-hybridized carbons (Fsp3) is 0.500. The van der Waals surface area contributed by atoms with Crippen LogP contribution in [0.1, 0.15) is 23.7 Å². The summed E-state index contributed by atoms with van der Waals surface area (Å²) >= 11 is 5.97. The van der Waals surface area contributed by atoms with Crippen molar-refractivity contribution >= 4 is 23.2 Å². The largest absolute Gasteiger partial charge is 0.393 e. The molecule has 1 heterocycles. The van der Waals surface area contributed by atoms with E-state index in [2.05, 4.69) is 5.32 Å². The molecule has 1 fully saturated rings. The van der Waals surface area contributed by atoms with Gasteiger partial charge in [-0.15, -0.1) is 0 Å². The number of hydrogen-bond donors (Lipinski definition) is 2. The zero-order valence-corrected chi connectivity index (χ0v) is 11.9. The molecule has 104 valence electrons. The van der Waals surface area contributed by atoms with Gasteiger partial charge in [-0.2, -0.15) is 0 Å². The number of rotatable bonds is 2. The third-order valence-corrected chi connectivity index (χ3v) is 3.86. The average Bonchev–Trinajstić information content (AvgIpc) is 2.41. The van der Waals surface area contributed by atoms with E-state index in [9.17, 15) is 9.90 Å². The summed E-state index contributed by atoms with van der Waals surface area (Å²) in [6.45, 7) is 3.12. The van der Waals surface area contributed by atoms with Crippen molar-refractivity contribution < 1.29 is 9.90 Å². The molecular formula is C14H19ClN2O2. The second-order valence-corrected chi connectivity index (χ2v) is 5.46. The monoisotopic (exact) mass is 282 g/mol. The number of hydrogen-bond acceptors (Lipinski definition) is 3. The molecule has 1 amide bonds. The first-order valence-electron chi connectivity index (χ1n) is 6.47. The van der Waals surface area contributed by atoms with Crippen LogP contribution in [-0.2, 0) is 0 Å². The lowest BCUT2D eigenvalue weighted by atomic mass is 9.96. The van der Waals surface area contributed by atoms with Crippen LogP contribution >= 0.6 is 11.6 Å². The molecule has 4 nitrogen and oxygen atoms in total. The minimum Gasteiger partial charge on any atom is -0.393 e. The molecule has 0 radical (unpaired) electrons. The number of benzene rings is 1. The Morgan fingerprint density at radius 3 is 2.89 bits per heavy atom. The van der Waals surface area contributed by atoms with Crippen molar-refractivity contribution in [1.29, 1.82) is 0 Å². The van der Waals surface area contributed by atoms with Gasteiger partial charge in [0.1, 0.15) is 0 Å². The van der Waals surface area contributed by atoms with Gasteiger partial charge in [0.05, 0.1) is 11.7 Å². The normalized spacial score (nSPS) is 23.3. The molecular weight excluding hydrogens is 264 g/mol. The third-order valence-electron chi connectivity index (χ3n) is 3.63. The van der Waals surface area contributed by atoms with Crippen molar-refractivity contribution in [2.24, 2.45) is 5.92 Å². The van der Waals surface area contributed by atoms with Gasteiger partial charge in [0.15, 0.2) is 0 Å². The predicted octanol–water partition coefficient (Wildman–Crippen LogP) is 2.22. The number of piperidine rings is 1. The molecule has 1 aliphatic heterocycles. The maximum Gasteiger partial charge on any atom is 0.256 e. The highest BCUT2D eigenvalue weighted by molar-refractivity contribution is 6.31. The molecule has 1 saturated heterocycles. The second-order valence-electron chi connectivity index (χ2n) is 5.02. The van der Waals surface area contributed by atoms with Gasteiger partial charge in [0, 0.05) is 30.8 Å². The van der Waals surface area contributed by atoms with Gasteiger partial charge in [0.2, 0.25) is 0 Å². The molecule has 0 spiro atoms. The SMILES string of the molecule is CNc1ccc(Cl)cc1C(=O)N1CCC(O)C(C)C1. The van der Waals surface area contributed by atoms with Crippen LogP contribution < -0.4 is 5.32 Å². The van der Waals surface area contributed by atoms with E-state index in [1.807, 2.05) is 6.92 Å². The quantitative estimate of drug-likeness (QED) is 0.875. The molecule has 0 bridgehead atoms. The Labute approximate surface area is 118 Å². The number of aliphatic hydroxyl groups is 1. The molecule has 2 atom stereocenters. The van der Waals surface area contributed by atoms with E-state index in [0.717, 1.165) is 5.69 Å². The van der Waals surface area contributed by atoms with E-state index < -0.39 is 0 Å². The van der Waals surface area contributed by atoms with Crippen molar-refractivity contribution in [1.82, 2.24) is 4.90 Å². The summed E-state index contributed by atoms with van der Waals surface area (Å²) in [7, 11) is 1.78. The van der Waals surface area contributed by atoms with Crippen LogP contribution in [-0.4, -0.2) is 42.2 Å². The topological polar surface area (TPSA) is 52.6 Å². The molecule has 5 heteroatoms. The lowest BCUT2D eigenvalue weighted by molar-refractivity contribution is 0.0298. The number of nitrogens with zero attached hydrogens (tertiary/aromatic N) is 1. The molecule has 0 aromatic heterocycles. The maximum absolute atomic E-state index is 12.5. The van der Waals surface area contributed by atoms with E-state index in [-0.39, 0.29) is 17.9 Å². The highest BCUT2D eigenvalue weighted by Gasteiger charge is 2.28. The molecule has 2 N–H and O–H groups in total. The molecule has 1 aromatic rings. The van der Waals surface area contributed by atoms with E-state index in [1.165, 1.54) is 0 Å². The van der Waals surface area contributed by atoms with Crippen LogP contribution in [0.25, 0.3) is 0 Å². The van der Waals surface area contributed by atoms with E-state index in [1.54, 1.807) is 30.1 Å². The van der Waals surface area contributed by atoms with E-state index in [4.69, 9.17) is 11.6 Å². The van der Waals surface area contributed by atoms with Gasteiger partial charge in [-0.25, -0.2) is 0 Å². The summed E-state index contributed by atoms with van der Waals surface area (Å²) in [6, 6.07) is 5.25. The molecule has 19 heavy (non-hydrogen) atoms. The highest BCUT2D eigenvalue weighted by Crippen LogP contribution is 2.24. The first-order chi connectivity index (χ1) is 9.02. The zero-order valence-electron chi connectivity index (χ0n) is 11.2. The van der Waals surface area contributed by atoms with Crippen molar-refractivity contribution in [2.75, 3.05) is 25.5 Å². The number of carbonyl (C=O) groups excluding carboxylic acids is 1. The van der Waals surface area contributed by atoms with Gasteiger partial charge in [0.25, 0.3) is 5.91 Å². The fourth-order valence-corrected chi connectivity index (χ4v) is 2.57. The van der Waals surface area contributed by atoms with Gasteiger partial charge < -0.3 is 15.3 Å². The molecule has 1 aliphatic rings. The Hall–Kier alpha value is -1.26. The minimum atomic E-state index is -0.313. The first kappa shape index (κ1) is 14.2. The lowest BCUT2D eigenvalue weighted by Crippen LogP contribution is -2.45. The van der Waals surface area contributed by atoms with Crippen LogP contribution in [0.15, 0.2) is 18.2 Å². The molecule has 2 unspecified atom stereocenters. The number of nitrogens with one attached hydrogen (secondary N) is 1. The van der Waals surface area contributed by atoms with Gasteiger partial charge in [-0.05, 0) is 30.5 Å². The first-order valence-corrected chi connectivity index (χ1v) is 6.85. The van der Waals surface area contributed by atoms with E-state index >= 15 is 0 Å². The number of aliphatic hydroxyl groups excluding tert-OH is 1. The van der Waals surface area contributed by atoms with Gasteiger partial charge in [-0.1, -0.05) is 18.5 Å². The Bertz CT molecular complexity index is 479. The maximum atomic E-state index is 12.5. The Morgan fingerprint density at radius 2 is 2.26 bits per heavy atom. The molecule has 2 rings (SSSR count). The second kappa shape index (κ2) is 5.80. The molecule has 0 aliphatic carbocycles. The van der Waals surface area contributed by atoms with Crippen LogP contribution in [0, 0.1) is 5.92 Å². The molecule has 1 aromatic carbocycles. The van der Waals surface area contributed by atoms with Crippen LogP contribution in [0.5, 0.6) is 0 Å². The summed E-state index contributed by atoms with van der Waals surface area (Å²) in [4.78, 5) is 14.3. The lowest BCUT2D eigenvalue weighted by Gasteiger charge is -2.34. The number of amides is 1. The van der Waals surface area contributed by atoms with Crippen LogP contribution in [0.3, 0.4) is 0 Å². The van der Waals surface area contributed by atoms with E-state index in [0.29, 0.717) is 30.1 Å². The summed E-state index contributed by atoms with van der Waals surface area (Å²) in [6.07, 6.45) is 0.315. The van der Waals surface area contributed by atoms with Gasteiger partial charge >= 0.3 is 0 Å². The highest BCUT2D eigenvalue weighted by atomic mass is 35.5. The average molecular weight is 283 g/mol. The molecule has 0 saturated carbocycles. The van der Waals surface area contributed by atoms with Crippen molar-refractivity contribution in [3.63, 3.8) is 0 Å². The zero-order chi connectivity index (χ0) is 14.0. The summed E-state index contributed by atoms with van der Waals surface area (Å²) < 4.78 is 0. The third kappa shape index (κ3) is 3.01. The standard InChI is InChI=1S/C14H19ClN2O2/c1-9-8-17(6-5-13(9)18)14(19)11-7-10(15)3-4-12(11)16-2/h3-4,7,9,13,16,18H,5-6,8H2,1-2H3. The Morgan fingerprint density at radius 1 is 1.53 bits per heavy atom. The van der Waals surface area contributed by atoms with Crippen LogP contribution in [0.2, 0.25) is 5.02 Å². The predicted molar refractivity (Wildman–Crippen MR) is 76.7 cm³/mol. The Balaban J connectivity index is 2.22. The van der Waals surface area contributed by atoms with Crippen molar-refractivity contribution in [3.8, 4) is 0 Å². The summed E-state index contributed by atoms with van der Waals surface area (Å²) in [5.74, 6) is 0.0699. The number of likely N-dealkylation sites (tertiary alicyclic amines) is 1. The fourth-order valence-electron chi connectivity index (χ4n) is 2.40. The van der Waals surface area contributed by atoms with Gasteiger partial charge in [-0.3, -0.25) is 4.79 Å². The number of halogens is 1. The smallest absolute Gasteiger partial charge is 0.256 e. The summed E-state index contributed by atoms with van der Waals surface area (Å²) in [5.41, 5.74) is 1.35. The Kier molecular flexibility index (Phi) is 4.32. The summed E-state index contributed by atoms with van der Waals surface area (Å²) in [5, 5.41) is 13.3. The van der Waals surface area contributed by atoms with Crippen molar-refractivity contribution in [2.45, 2.75) is 19.4 Å². The van der Waals surface area contributed by atoms with Crippen molar-refractivity contribution in [3.05, 3.63) is 28.8 Å². The van der Waals surface area contributed by atoms with Crippen LogP contribution in [0.4, 0.5) is 5.69 Å².